The van der Waals surface area contributed by atoms with E-state index in [4.69, 9.17) is 0 Å². The molecule has 0 unspecified atom stereocenters. The molecule has 29 heavy (non-hydrogen) atoms. The van der Waals surface area contributed by atoms with Gasteiger partial charge in [0.25, 0.3) is 0 Å². The Morgan fingerprint density at radius 3 is 2.90 bits per heavy atom. The van der Waals surface area contributed by atoms with Gasteiger partial charge in [0, 0.05) is 42.9 Å². The summed E-state index contributed by atoms with van der Waals surface area (Å²) >= 11 is 0. The summed E-state index contributed by atoms with van der Waals surface area (Å²) in [6.45, 7) is 6.95. The number of hydrogen-bond donors (Lipinski definition) is 2. The van der Waals surface area contributed by atoms with E-state index in [0.29, 0.717) is 12.2 Å². The van der Waals surface area contributed by atoms with E-state index in [1.165, 1.54) is 12.6 Å². The first kappa shape index (κ1) is 19.6. The lowest BCUT2D eigenvalue weighted by Gasteiger charge is -2.28. The Bertz CT molecular complexity index is 933. The van der Waals surface area contributed by atoms with Gasteiger partial charge >= 0.3 is 0 Å². The second-order valence-electron chi connectivity index (χ2n) is 9.18. The van der Waals surface area contributed by atoms with E-state index < -0.39 is 0 Å². The summed E-state index contributed by atoms with van der Waals surface area (Å²) in [7, 11) is 0. The number of anilines is 1. The number of fused-ring (bicyclic) bond motifs is 1. The summed E-state index contributed by atoms with van der Waals surface area (Å²) < 4.78 is 2.08. The van der Waals surface area contributed by atoms with Gasteiger partial charge in [0.1, 0.15) is 5.82 Å². The van der Waals surface area contributed by atoms with Crippen LogP contribution in [-0.4, -0.2) is 32.6 Å². The molecule has 0 aromatic carbocycles. The molecule has 0 bridgehead atoms. The Morgan fingerprint density at radius 1 is 1.28 bits per heavy atom. The number of pyridine rings is 1. The van der Waals surface area contributed by atoms with Crippen LogP contribution in [0.3, 0.4) is 0 Å². The molecular formula is C22H29N5O2. The van der Waals surface area contributed by atoms with E-state index in [0.717, 1.165) is 43.4 Å². The summed E-state index contributed by atoms with van der Waals surface area (Å²) in [6, 6.07) is 3.97. The minimum absolute atomic E-state index is 0.0222. The molecule has 2 amide bonds. The maximum absolute atomic E-state index is 12.8. The summed E-state index contributed by atoms with van der Waals surface area (Å²) in [5.74, 6) is 0.395. The van der Waals surface area contributed by atoms with Gasteiger partial charge in [0.15, 0.2) is 0 Å². The largest absolute Gasteiger partial charge is 0.354 e. The minimum atomic E-state index is -0.104. The van der Waals surface area contributed by atoms with E-state index in [1.807, 2.05) is 18.3 Å². The fourth-order valence-corrected chi connectivity index (χ4v) is 4.63. The Labute approximate surface area is 171 Å². The van der Waals surface area contributed by atoms with Gasteiger partial charge in [-0.1, -0.05) is 20.3 Å². The van der Waals surface area contributed by atoms with Crippen LogP contribution in [0.15, 0.2) is 24.5 Å². The maximum atomic E-state index is 12.8. The van der Waals surface area contributed by atoms with Crippen LogP contribution in [0.2, 0.25) is 0 Å². The van der Waals surface area contributed by atoms with Crippen LogP contribution in [0.4, 0.5) is 5.82 Å². The van der Waals surface area contributed by atoms with Gasteiger partial charge in [-0.15, -0.1) is 0 Å². The molecule has 7 nitrogen and oxygen atoms in total. The quantitative estimate of drug-likeness (QED) is 0.832. The number of aromatic nitrogens is 3. The number of rotatable bonds is 4. The number of amides is 2. The molecule has 2 aromatic heterocycles. The van der Waals surface area contributed by atoms with Crippen molar-refractivity contribution in [2.24, 2.45) is 11.3 Å². The molecule has 0 radical (unpaired) electrons. The van der Waals surface area contributed by atoms with Crippen molar-refractivity contribution in [2.75, 3.05) is 5.32 Å². The zero-order valence-electron chi connectivity index (χ0n) is 17.4. The van der Waals surface area contributed by atoms with Crippen LogP contribution in [0, 0.1) is 11.3 Å². The first-order valence-electron chi connectivity index (χ1n) is 10.4. The van der Waals surface area contributed by atoms with Crippen molar-refractivity contribution in [1.82, 2.24) is 20.1 Å². The van der Waals surface area contributed by atoms with Crippen molar-refractivity contribution in [3.05, 3.63) is 30.2 Å². The summed E-state index contributed by atoms with van der Waals surface area (Å²) in [5, 5.41) is 10.5. The molecule has 2 atom stereocenters. The first-order chi connectivity index (χ1) is 13.8. The molecule has 0 spiro atoms. The number of nitrogens with one attached hydrogen (secondary N) is 2. The van der Waals surface area contributed by atoms with Crippen molar-refractivity contribution in [1.29, 1.82) is 0 Å². The average Bonchev–Trinajstić information content (AvgIpc) is 3.16. The van der Waals surface area contributed by atoms with Crippen molar-refractivity contribution in [2.45, 2.75) is 65.5 Å². The molecule has 2 aliphatic rings. The second-order valence-corrected chi connectivity index (χ2v) is 9.18. The zero-order chi connectivity index (χ0) is 20.6. The van der Waals surface area contributed by atoms with Gasteiger partial charge in [0.05, 0.1) is 6.20 Å². The standard InChI is InChI=1S/C22H29N5O2/c1-14(28)25-17-6-4-5-16(9-17)21(29)26-20-10-15(7-8-23-20)18-12-24-27-13-22(2,3)11-19(18)27/h7-8,10,12,16-17H,4-6,9,11,13H2,1-3H3,(H,25,28)(H,23,26,29)/t16-,17+/m0/s1. The van der Waals surface area contributed by atoms with E-state index in [9.17, 15) is 9.59 Å². The Morgan fingerprint density at radius 2 is 2.10 bits per heavy atom. The molecule has 2 aromatic rings. The molecule has 1 saturated carbocycles. The molecule has 7 heteroatoms. The van der Waals surface area contributed by atoms with Crippen LogP contribution < -0.4 is 10.6 Å². The molecule has 4 rings (SSSR count). The summed E-state index contributed by atoms with van der Waals surface area (Å²) in [5.41, 5.74) is 3.59. The van der Waals surface area contributed by atoms with Crippen LogP contribution >= 0.6 is 0 Å². The Hall–Kier alpha value is -2.70. The van der Waals surface area contributed by atoms with Crippen molar-refractivity contribution < 1.29 is 9.59 Å². The molecule has 3 heterocycles. The number of carbonyl (C=O) groups is 2. The van der Waals surface area contributed by atoms with Crippen LogP contribution in [0.1, 0.15) is 52.1 Å². The van der Waals surface area contributed by atoms with E-state index in [-0.39, 0.29) is 29.2 Å². The van der Waals surface area contributed by atoms with Gasteiger partial charge < -0.3 is 10.6 Å². The Balaban J connectivity index is 1.46. The zero-order valence-corrected chi connectivity index (χ0v) is 17.4. The third-order valence-electron chi connectivity index (χ3n) is 5.95. The maximum Gasteiger partial charge on any atom is 0.228 e. The fraction of sp³-hybridized carbons (Fsp3) is 0.545. The van der Waals surface area contributed by atoms with E-state index in [2.05, 4.69) is 39.2 Å². The van der Waals surface area contributed by atoms with Crippen LogP contribution in [-0.2, 0) is 22.6 Å². The lowest BCUT2D eigenvalue weighted by molar-refractivity contribution is -0.123. The van der Waals surface area contributed by atoms with Gasteiger partial charge in [-0.05, 0) is 48.8 Å². The lowest BCUT2D eigenvalue weighted by Crippen LogP contribution is -2.40. The molecule has 1 aliphatic heterocycles. The minimum Gasteiger partial charge on any atom is -0.354 e. The first-order valence-corrected chi connectivity index (χ1v) is 10.4. The highest BCUT2D eigenvalue weighted by atomic mass is 16.2. The second kappa shape index (κ2) is 7.61. The highest BCUT2D eigenvalue weighted by Gasteiger charge is 2.32. The fourth-order valence-electron chi connectivity index (χ4n) is 4.63. The van der Waals surface area contributed by atoms with Gasteiger partial charge in [-0.2, -0.15) is 5.10 Å². The SMILES string of the molecule is CC(=O)N[C@@H]1CCC[C@H](C(=O)Nc2cc(-c3cnn4c3CC(C)(C)C4)ccn2)C1. The monoisotopic (exact) mass is 395 g/mol. The van der Waals surface area contributed by atoms with Gasteiger partial charge in [-0.25, -0.2) is 4.98 Å². The number of nitrogens with zero attached hydrogens (tertiary/aromatic N) is 3. The van der Waals surface area contributed by atoms with Crippen molar-refractivity contribution in [3.63, 3.8) is 0 Å². The van der Waals surface area contributed by atoms with E-state index in [1.54, 1.807) is 6.20 Å². The van der Waals surface area contributed by atoms with Gasteiger partial charge in [0.2, 0.25) is 11.8 Å². The third kappa shape index (κ3) is 4.33. The smallest absolute Gasteiger partial charge is 0.228 e. The predicted molar refractivity (Wildman–Crippen MR) is 111 cm³/mol. The predicted octanol–water partition coefficient (Wildman–Crippen LogP) is 3.16. The highest BCUT2D eigenvalue weighted by Crippen LogP contribution is 2.37. The van der Waals surface area contributed by atoms with E-state index >= 15 is 0 Å². The van der Waals surface area contributed by atoms with Crippen LogP contribution in [0.25, 0.3) is 11.1 Å². The lowest BCUT2D eigenvalue weighted by atomic mass is 9.85. The molecule has 1 fully saturated rings. The molecule has 154 valence electrons. The molecular weight excluding hydrogens is 366 g/mol. The summed E-state index contributed by atoms with van der Waals surface area (Å²) in [6.07, 6.45) is 8.01. The summed E-state index contributed by atoms with van der Waals surface area (Å²) in [4.78, 5) is 28.5. The van der Waals surface area contributed by atoms with Gasteiger partial charge in [-0.3, -0.25) is 14.3 Å². The normalized spacial score (nSPS) is 22.7. The Kier molecular flexibility index (Phi) is 5.15. The van der Waals surface area contributed by atoms with Crippen molar-refractivity contribution in [3.8, 4) is 11.1 Å². The average molecular weight is 396 g/mol. The topological polar surface area (TPSA) is 88.9 Å². The number of hydrogen-bond acceptors (Lipinski definition) is 4. The number of carbonyl (C=O) groups excluding carboxylic acids is 2. The van der Waals surface area contributed by atoms with Crippen LogP contribution in [0.5, 0.6) is 0 Å². The molecule has 0 saturated heterocycles. The van der Waals surface area contributed by atoms with Crippen molar-refractivity contribution >= 4 is 17.6 Å². The molecule has 1 aliphatic carbocycles. The molecule has 2 N–H and O–H groups in total. The highest BCUT2D eigenvalue weighted by molar-refractivity contribution is 5.92. The third-order valence-corrected chi connectivity index (χ3v) is 5.95.